The molecule has 2 amide bonds. The SMILES string of the molecule is CCS(=O)(=O)Oc1ccc(CN(C(=O)Nc2ccc(OC)cc2)C2CC2)cc1. The first-order chi connectivity index (χ1) is 13.4. The fraction of sp³-hybridized carbons (Fsp3) is 0.350. The van der Waals surface area contributed by atoms with Crippen LogP contribution in [0.25, 0.3) is 0 Å². The molecule has 2 aromatic carbocycles. The number of nitrogens with one attached hydrogen (secondary N) is 1. The van der Waals surface area contributed by atoms with E-state index in [-0.39, 0.29) is 23.6 Å². The maximum Gasteiger partial charge on any atom is 0.322 e. The minimum atomic E-state index is -3.55. The van der Waals surface area contributed by atoms with Gasteiger partial charge in [-0.3, -0.25) is 0 Å². The summed E-state index contributed by atoms with van der Waals surface area (Å²) >= 11 is 0. The van der Waals surface area contributed by atoms with E-state index in [1.165, 1.54) is 6.92 Å². The average Bonchev–Trinajstić information content (AvgIpc) is 3.52. The van der Waals surface area contributed by atoms with Crippen molar-refractivity contribution in [2.24, 2.45) is 0 Å². The molecule has 28 heavy (non-hydrogen) atoms. The average molecular weight is 404 g/mol. The van der Waals surface area contributed by atoms with Crippen molar-refractivity contribution in [1.82, 2.24) is 4.90 Å². The molecule has 150 valence electrons. The Bertz CT molecular complexity index is 907. The molecule has 2 aromatic rings. The lowest BCUT2D eigenvalue weighted by atomic mass is 10.2. The summed E-state index contributed by atoms with van der Waals surface area (Å²) in [4.78, 5) is 14.5. The molecule has 0 radical (unpaired) electrons. The van der Waals surface area contributed by atoms with Gasteiger partial charge in [0, 0.05) is 18.3 Å². The highest BCUT2D eigenvalue weighted by Gasteiger charge is 2.32. The van der Waals surface area contributed by atoms with Gasteiger partial charge in [0.1, 0.15) is 11.5 Å². The molecule has 1 fully saturated rings. The molecule has 1 saturated carbocycles. The molecule has 0 atom stereocenters. The highest BCUT2D eigenvalue weighted by molar-refractivity contribution is 7.87. The van der Waals surface area contributed by atoms with Crippen LogP contribution in [0.15, 0.2) is 48.5 Å². The van der Waals surface area contributed by atoms with E-state index in [4.69, 9.17) is 8.92 Å². The van der Waals surface area contributed by atoms with E-state index >= 15 is 0 Å². The van der Waals surface area contributed by atoms with Crippen LogP contribution in [0, 0.1) is 0 Å². The fourth-order valence-electron chi connectivity index (χ4n) is 2.68. The molecule has 0 heterocycles. The van der Waals surface area contributed by atoms with Crippen LogP contribution in [-0.2, 0) is 16.7 Å². The first-order valence-electron chi connectivity index (χ1n) is 9.13. The molecule has 1 N–H and O–H groups in total. The normalized spacial score (nSPS) is 13.6. The van der Waals surface area contributed by atoms with Crippen molar-refractivity contribution in [3.05, 3.63) is 54.1 Å². The Kier molecular flexibility index (Phi) is 6.08. The van der Waals surface area contributed by atoms with Crippen molar-refractivity contribution in [3.8, 4) is 11.5 Å². The van der Waals surface area contributed by atoms with Crippen LogP contribution in [0.2, 0.25) is 0 Å². The Morgan fingerprint density at radius 1 is 1.07 bits per heavy atom. The molecule has 3 rings (SSSR count). The predicted octanol–water partition coefficient (Wildman–Crippen LogP) is 3.62. The van der Waals surface area contributed by atoms with Crippen LogP contribution in [0.3, 0.4) is 0 Å². The van der Waals surface area contributed by atoms with Crippen LogP contribution in [-0.4, -0.2) is 38.3 Å². The van der Waals surface area contributed by atoms with E-state index in [0.717, 1.165) is 24.2 Å². The van der Waals surface area contributed by atoms with Gasteiger partial charge in [-0.25, -0.2) is 4.79 Å². The molecule has 1 aliphatic rings. The van der Waals surface area contributed by atoms with E-state index in [1.54, 1.807) is 60.5 Å². The van der Waals surface area contributed by atoms with E-state index < -0.39 is 10.1 Å². The molecule has 0 aliphatic heterocycles. The number of carbonyl (C=O) groups excluding carboxylic acids is 1. The van der Waals surface area contributed by atoms with Gasteiger partial charge in [-0.05, 0) is 61.7 Å². The number of hydrogen-bond acceptors (Lipinski definition) is 5. The number of methoxy groups -OCH3 is 1. The van der Waals surface area contributed by atoms with Gasteiger partial charge < -0.3 is 19.1 Å². The predicted molar refractivity (Wildman–Crippen MR) is 107 cm³/mol. The van der Waals surface area contributed by atoms with E-state index in [9.17, 15) is 13.2 Å². The molecule has 1 aliphatic carbocycles. The highest BCUT2D eigenvalue weighted by atomic mass is 32.2. The van der Waals surface area contributed by atoms with Crippen LogP contribution in [0.4, 0.5) is 10.5 Å². The van der Waals surface area contributed by atoms with Crippen molar-refractivity contribution in [3.63, 3.8) is 0 Å². The third-order valence-electron chi connectivity index (χ3n) is 4.44. The van der Waals surface area contributed by atoms with E-state index in [2.05, 4.69) is 5.32 Å². The van der Waals surface area contributed by atoms with Gasteiger partial charge in [-0.2, -0.15) is 8.42 Å². The lowest BCUT2D eigenvalue weighted by Crippen LogP contribution is -2.36. The first kappa shape index (κ1) is 20.0. The second kappa shape index (κ2) is 8.52. The fourth-order valence-corrected chi connectivity index (χ4v) is 3.20. The summed E-state index contributed by atoms with van der Waals surface area (Å²) in [5.74, 6) is 0.908. The third-order valence-corrected chi connectivity index (χ3v) is 5.60. The molecule has 0 saturated heterocycles. The summed E-state index contributed by atoms with van der Waals surface area (Å²) in [6, 6.07) is 14.0. The number of benzene rings is 2. The van der Waals surface area contributed by atoms with Crippen molar-refractivity contribution >= 4 is 21.8 Å². The topological polar surface area (TPSA) is 84.9 Å². The summed E-state index contributed by atoms with van der Waals surface area (Å²) in [6.45, 7) is 1.96. The molecule has 0 spiro atoms. The zero-order valence-corrected chi connectivity index (χ0v) is 16.7. The number of urea groups is 1. The zero-order valence-electron chi connectivity index (χ0n) is 15.9. The van der Waals surface area contributed by atoms with E-state index in [0.29, 0.717) is 12.2 Å². The number of nitrogens with zero attached hydrogens (tertiary/aromatic N) is 1. The van der Waals surface area contributed by atoms with Gasteiger partial charge in [0.05, 0.1) is 12.9 Å². The van der Waals surface area contributed by atoms with Crippen LogP contribution in [0.1, 0.15) is 25.3 Å². The van der Waals surface area contributed by atoms with Gasteiger partial charge in [-0.15, -0.1) is 0 Å². The Balaban J connectivity index is 1.64. The highest BCUT2D eigenvalue weighted by Crippen LogP contribution is 2.29. The molecule has 0 bridgehead atoms. The van der Waals surface area contributed by atoms with Gasteiger partial charge in [0.25, 0.3) is 0 Å². The van der Waals surface area contributed by atoms with E-state index in [1.807, 2.05) is 0 Å². The summed E-state index contributed by atoms with van der Waals surface area (Å²) in [5, 5.41) is 2.91. The summed E-state index contributed by atoms with van der Waals surface area (Å²) < 4.78 is 33.2. The van der Waals surface area contributed by atoms with Crippen molar-refractivity contribution in [2.45, 2.75) is 32.4 Å². The molecular formula is C20H24N2O5S. The van der Waals surface area contributed by atoms with Crippen LogP contribution in [0.5, 0.6) is 11.5 Å². The quantitative estimate of drug-likeness (QED) is 0.679. The van der Waals surface area contributed by atoms with Gasteiger partial charge in [0.15, 0.2) is 0 Å². The largest absolute Gasteiger partial charge is 0.497 e. The minimum absolute atomic E-state index is 0.0876. The van der Waals surface area contributed by atoms with Crippen molar-refractivity contribution in [1.29, 1.82) is 0 Å². The van der Waals surface area contributed by atoms with Crippen molar-refractivity contribution < 1.29 is 22.1 Å². The van der Waals surface area contributed by atoms with Gasteiger partial charge in [-0.1, -0.05) is 12.1 Å². The summed E-state index contributed by atoms with van der Waals surface area (Å²) in [7, 11) is -1.95. The molecule has 7 nitrogen and oxygen atoms in total. The van der Waals surface area contributed by atoms with Gasteiger partial charge >= 0.3 is 16.1 Å². The zero-order chi connectivity index (χ0) is 20.1. The minimum Gasteiger partial charge on any atom is -0.497 e. The first-order valence-corrected chi connectivity index (χ1v) is 10.7. The second-order valence-corrected chi connectivity index (χ2v) is 8.45. The maximum absolute atomic E-state index is 12.7. The monoisotopic (exact) mass is 404 g/mol. The molecule has 8 heteroatoms. The Morgan fingerprint density at radius 2 is 1.68 bits per heavy atom. The second-order valence-electron chi connectivity index (χ2n) is 6.59. The number of rotatable bonds is 8. The number of hydrogen-bond donors (Lipinski definition) is 1. The summed E-state index contributed by atoms with van der Waals surface area (Å²) in [5.41, 5.74) is 1.60. The lowest BCUT2D eigenvalue weighted by molar-refractivity contribution is 0.206. The molecular weight excluding hydrogens is 380 g/mol. The molecule has 0 unspecified atom stereocenters. The van der Waals surface area contributed by atoms with Crippen LogP contribution >= 0.6 is 0 Å². The smallest absolute Gasteiger partial charge is 0.322 e. The lowest BCUT2D eigenvalue weighted by Gasteiger charge is -2.23. The summed E-state index contributed by atoms with van der Waals surface area (Å²) in [6.07, 6.45) is 1.96. The number of ether oxygens (including phenoxy) is 1. The number of amides is 2. The van der Waals surface area contributed by atoms with Gasteiger partial charge in [0.2, 0.25) is 0 Å². The Labute approximate surface area is 165 Å². The third kappa shape index (κ3) is 5.39. The maximum atomic E-state index is 12.7. The number of carbonyl (C=O) groups is 1. The van der Waals surface area contributed by atoms with Crippen LogP contribution < -0.4 is 14.2 Å². The molecule has 0 aromatic heterocycles. The van der Waals surface area contributed by atoms with Crippen molar-refractivity contribution in [2.75, 3.05) is 18.2 Å². The standard InChI is InChI=1S/C20H24N2O5S/c1-3-28(24,25)27-19-10-4-15(5-11-19)14-22(17-8-9-17)20(23)21-16-6-12-18(26-2)13-7-16/h4-7,10-13,17H,3,8-9,14H2,1-2H3,(H,21,23). The number of anilines is 1. The Hall–Kier alpha value is -2.74. The Morgan fingerprint density at radius 3 is 2.21 bits per heavy atom.